The minimum atomic E-state index is -0.440. The van der Waals surface area contributed by atoms with Crippen LogP contribution >= 0.6 is 0 Å². The molecule has 8 heteroatoms. The van der Waals surface area contributed by atoms with E-state index in [4.69, 9.17) is 4.52 Å². The fourth-order valence-electron chi connectivity index (χ4n) is 3.22. The lowest BCUT2D eigenvalue weighted by Gasteiger charge is -2.21. The summed E-state index contributed by atoms with van der Waals surface area (Å²) >= 11 is 0. The molecular weight excluding hydrogens is 360 g/mol. The quantitative estimate of drug-likeness (QED) is 0.818. The van der Waals surface area contributed by atoms with Gasteiger partial charge in [0, 0.05) is 32.6 Å². The summed E-state index contributed by atoms with van der Waals surface area (Å²) in [7, 11) is 1.56. The molecule has 1 aromatic heterocycles. The van der Waals surface area contributed by atoms with Crippen molar-refractivity contribution in [1.82, 2.24) is 15.0 Å². The second-order valence-electron chi connectivity index (χ2n) is 7.23. The summed E-state index contributed by atoms with van der Waals surface area (Å²) in [6.45, 7) is 4.46. The van der Waals surface area contributed by atoms with E-state index in [0.717, 1.165) is 11.1 Å². The van der Waals surface area contributed by atoms with Gasteiger partial charge < -0.3 is 19.6 Å². The van der Waals surface area contributed by atoms with E-state index in [1.807, 2.05) is 31.2 Å². The first-order chi connectivity index (χ1) is 13.3. The number of nitrogens with one attached hydrogen (secondary N) is 1. The molecule has 0 spiro atoms. The first-order valence-corrected chi connectivity index (χ1v) is 9.13. The summed E-state index contributed by atoms with van der Waals surface area (Å²) in [6, 6.07) is 9.57. The maximum atomic E-state index is 12.7. The predicted octanol–water partition coefficient (Wildman–Crippen LogP) is 1.74. The highest BCUT2D eigenvalue weighted by molar-refractivity contribution is 5.95. The van der Waals surface area contributed by atoms with Gasteiger partial charge in [0.25, 0.3) is 0 Å². The van der Waals surface area contributed by atoms with Crippen LogP contribution in [0.2, 0.25) is 0 Å². The third-order valence-corrected chi connectivity index (χ3v) is 4.71. The van der Waals surface area contributed by atoms with Crippen LogP contribution in [-0.2, 0) is 20.9 Å². The monoisotopic (exact) mass is 384 g/mol. The van der Waals surface area contributed by atoms with Gasteiger partial charge in [-0.15, -0.1) is 0 Å². The van der Waals surface area contributed by atoms with E-state index >= 15 is 0 Å². The summed E-state index contributed by atoms with van der Waals surface area (Å²) in [5.74, 6) is -0.183. The Hall–Kier alpha value is -3.16. The van der Waals surface area contributed by atoms with Crippen molar-refractivity contribution in [3.63, 3.8) is 0 Å². The van der Waals surface area contributed by atoms with Gasteiger partial charge in [0.1, 0.15) is 5.76 Å². The highest BCUT2D eigenvalue weighted by atomic mass is 16.5. The number of benzene rings is 1. The van der Waals surface area contributed by atoms with E-state index in [-0.39, 0.29) is 30.7 Å². The fourth-order valence-corrected chi connectivity index (χ4v) is 3.22. The minimum absolute atomic E-state index is 0.0464. The molecule has 28 heavy (non-hydrogen) atoms. The van der Waals surface area contributed by atoms with E-state index in [1.54, 1.807) is 24.9 Å². The number of anilines is 1. The lowest BCUT2D eigenvalue weighted by atomic mass is 10.1. The van der Waals surface area contributed by atoms with Crippen molar-refractivity contribution in [2.75, 3.05) is 25.5 Å². The van der Waals surface area contributed by atoms with Gasteiger partial charge >= 0.3 is 0 Å². The average Bonchev–Trinajstić information content (AvgIpc) is 3.21. The molecule has 1 N–H and O–H groups in total. The molecule has 3 rings (SSSR count). The standard InChI is InChI=1S/C20H24N4O4/c1-13-4-6-15(7-5-13)10-24-11-16(9-19(24)26)20(27)23(3)12-18(25)21-17-8-14(2)28-22-17/h4-8,16H,9-12H2,1-3H3,(H,21,22,25). The van der Waals surface area contributed by atoms with Crippen molar-refractivity contribution in [2.24, 2.45) is 5.92 Å². The van der Waals surface area contributed by atoms with Crippen molar-refractivity contribution >= 4 is 23.5 Å². The molecule has 1 saturated heterocycles. The third-order valence-electron chi connectivity index (χ3n) is 4.71. The maximum absolute atomic E-state index is 12.7. The Morgan fingerprint density at radius 3 is 2.64 bits per heavy atom. The van der Waals surface area contributed by atoms with E-state index in [9.17, 15) is 14.4 Å². The number of hydrogen-bond acceptors (Lipinski definition) is 5. The van der Waals surface area contributed by atoms with Crippen molar-refractivity contribution in [2.45, 2.75) is 26.8 Å². The molecule has 3 amide bonds. The molecule has 0 radical (unpaired) electrons. The largest absolute Gasteiger partial charge is 0.360 e. The van der Waals surface area contributed by atoms with Crippen molar-refractivity contribution in [3.8, 4) is 0 Å². The van der Waals surface area contributed by atoms with Gasteiger partial charge in [0.2, 0.25) is 17.7 Å². The number of carbonyl (C=O) groups is 3. The van der Waals surface area contributed by atoms with Crippen LogP contribution in [0.4, 0.5) is 5.82 Å². The van der Waals surface area contributed by atoms with Crippen LogP contribution in [0.15, 0.2) is 34.9 Å². The molecule has 0 saturated carbocycles. The lowest BCUT2D eigenvalue weighted by Crippen LogP contribution is -2.39. The summed E-state index contributed by atoms with van der Waals surface area (Å²) in [6.07, 6.45) is 0.166. The molecule has 1 aliphatic rings. The Labute approximate surface area is 163 Å². The van der Waals surface area contributed by atoms with Crippen molar-refractivity contribution < 1.29 is 18.9 Å². The van der Waals surface area contributed by atoms with Gasteiger partial charge in [-0.3, -0.25) is 14.4 Å². The molecule has 8 nitrogen and oxygen atoms in total. The number of aromatic nitrogens is 1. The molecule has 0 aliphatic carbocycles. The Balaban J connectivity index is 1.52. The molecule has 1 aromatic carbocycles. The Morgan fingerprint density at radius 2 is 2.00 bits per heavy atom. The van der Waals surface area contributed by atoms with Crippen LogP contribution in [0.3, 0.4) is 0 Å². The van der Waals surface area contributed by atoms with Crippen LogP contribution in [0.25, 0.3) is 0 Å². The molecule has 148 valence electrons. The minimum Gasteiger partial charge on any atom is -0.360 e. The number of aryl methyl sites for hydroxylation is 2. The third kappa shape index (κ3) is 4.76. The van der Waals surface area contributed by atoms with Gasteiger partial charge in [-0.1, -0.05) is 35.0 Å². The van der Waals surface area contributed by atoms with Crippen LogP contribution < -0.4 is 5.32 Å². The number of hydrogen-bond donors (Lipinski definition) is 1. The summed E-state index contributed by atoms with van der Waals surface area (Å²) in [5, 5.41) is 6.27. The summed E-state index contributed by atoms with van der Waals surface area (Å²) < 4.78 is 4.89. The topological polar surface area (TPSA) is 95.8 Å². The van der Waals surface area contributed by atoms with E-state index in [2.05, 4.69) is 10.5 Å². The first kappa shape index (κ1) is 19.6. The molecular formula is C20H24N4O4. The van der Waals surface area contributed by atoms with Gasteiger partial charge in [-0.05, 0) is 19.4 Å². The van der Waals surface area contributed by atoms with E-state index in [1.165, 1.54) is 4.90 Å². The normalized spacial score (nSPS) is 16.3. The first-order valence-electron chi connectivity index (χ1n) is 9.13. The molecule has 1 fully saturated rings. The maximum Gasteiger partial charge on any atom is 0.245 e. The van der Waals surface area contributed by atoms with Crippen molar-refractivity contribution in [1.29, 1.82) is 0 Å². The van der Waals surface area contributed by atoms with Crippen LogP contribution in [0.5, 0.6) is 0 Å². The number of likely N-dealkylation sites (tertiary alicyclic amines) is 1. The average molecular weight is 384 g/mol. The molecule has 2 aromatic rings. The zero-order valence-electron chi connectivity index (χ0n) is 16.3. The molecule has 1 atom stereocenters. The van der Waals surface area contributed by atoms with E-state index in [0.29, 0.717) is 24.7 Å². The lowest BCUT2D eigenvalue weighted by molar-refractivity contribution is -0.137. The Kier molecular flexibility index (Phi) is 5.77. The summed E-state index contributed by atoms with van der Waals surface area (Å²) in [5.41, 5.74) is 2.19. The zero-order chi connectivity index (χ0) is 20.3. The predicted molar refractivity (Wildman–Crippen MR) is 102 cm³/mol. The summed E-state index contributed by atoms with van der Waals surface area (Å²) in [4.78, 5) is 40.1. The molecule has 1 aliphatic heterocycles. The number of likely N-dealkylation sites (N-methyl/N-ethyl adjacent to an activating group) is 1. The number of rotatable bonds is 6. The molecule has 1 unspecified atom stereocenters. The smallest absolute Gasteiger partial charge is 0.245 e. The Bertz CT molecular complexity index is 875. The van der Waals surface area contributed by atoms with Gasteiger partial charge in [0.05, 0.1) is 12.5 Å². The zero-order valence-corrected chi connectivity index (χ0v) is 16.3. The highest BCUT2D eigenvalue weighted by Gasteiger charge is 2.36. The van der Waals surface area contributed by atoms with Crippen LogP contribution in [0, 0.1) is 19.8 Å². The fraction of sp³-hybridized carbons (Fsp3) is 0.400. The van der Waals surface area contributed by atoms with E-state index < -0.39 is 5.92 Å². The molecule has 2 heterocycles. The second-order valence-corrected chi connectivity index (χ2v) is 7.23. The highest BCUT2D eigenvalue weighted by Crippen LogP contribution is 2.22. The number of amides is 3. The second kappa shape index (κ2) is 8.24. The van der Waals surface area contributed by atoms with Gasteiger partial charge in [0.15, 0.2) is 5.82 Å². The number of carbonyl (C=O) groups excluding carboxylic acids is 3. The SMILES string of the molecule is Cc1ccc(CN2CC(C(=O)N(C)CC(=O)Nc3cc(C)on3)CC2=O)cc1. The Morgan fingerprint density at radius 1 is 1.29 bits per heavy atom. The molecule has 0 bridgehead atoms. The van der Waals surface area contributed by atoms with Gasteiger partial charge in [-0.25, -0.2) is 0 Å². The van der Waals surface area contributed by atoms with Crippen molar-refractivity contribution in [3.05, 3.63) is 47.2 Å². The van der Waals surface area contributed by atoms with Crippen LogP contribution in [-0.4, -0.2) is 52.8 Å². The van der Waals surface area contributed by atoms with Crippen LogP contribution in [0.1, 0.15) is 23.3 Å². The number of nitrogens with zero attached hydrogens (tertiary/aromatic N) is 3. The van der Waals surface area contributed by atoms with Gasteiger partial charge in [-0.2, -0.15) is 0 Å².